The first-order valence-electron chi connectivity index (χ1n) is 9.38. The van der Waals surface area contributed by atoms with Gasteiger partial charge in [-0.05, 0) is 38.5 Å². The van der Waals surface area contributed by atoms with Crippen molar-refractivity contribution >= 4 is 34.5 Å². The van der Waals surface area contributed by atoms with E-state index in [9.17, 15) is 9.59 Å². The normalized spacial score (nSPS) is 15.5. The summed E-state index contributed by atoms with van der Waals surface area (Å²) >= 11 is 0. The predicted octanol–water partition coefficient (Wildman–Crippen LogP) is 2.29. The van der Waals surface area contributed by atoms with Gasteiger partial charge in [0.1, 0.15) is 5.69 Å². The molecule has 2 aromatic heterocycles. The molecule has 4 N–H and O–H groups in total. The van der Waals surface area contributed by atoms with Crippen LogP contribution in [0.5, 0.6) is 0 Å². The summed E-state index contributed by atoms with van der Waals surface area (Å²) in [5.74, 6) is -0.322. The highest BCUT2D eigenvalue weighted by Gasteiger charge is 2.27. The maximum Gasteiger partial charge on any atom is 0.276 e. The molecule has 1 aliphatic heterocycles. The van der Waals surface area contributed by atoms with E-state index in [4.69, 9.17) is 5.73 Å². The quantitative estimate of drug-likeness (QED) is 0.626. The van der Waals surface area contributed by atoms with Gasteiger partial charge in [0.25, 0.3) is 5.91 Å². The van der Waals surface area contributed by atoms with Gasteiger partial charge in [0, 0.05) is 18.7 Å². The molecule has 2 amide bonds. The highest BCUT2D eigenvalue weighted by atomic mass is 16.2. The number of aryl methyl sites for hydroxylation is 2. The van der Waals surface area contributed by atoms with Gasteiger partial charge in [0.2, 0.25) is 11.9 Å². The van der Waals surface area contributed by atoms with Gasteiger partial charge in [-0.3, -0.25) is 19.6 Å². The molecule has 1 atom stereocenters. The summed E-state index contributed by atoms with van der Waals surface area (Å²) in [7, 11) is 0. The maximum absolute atomic E-state index is 12.9. The average Bonchev–Trinajstić information content (AvgIpc) is 3.23. The molecule has 1 aliphatic rings. The molecule has 0 bridgehead atoms. The molecule has 0 saturated carbocycles. The number of amides is 2. The van der Waals surface area contributed by atoms with Gasteiger partial charge in [-0.15, -0.1) is 0 Å². The van der Waals surface area contributed by atoms with Crippen molar-refractivity contribution in [2.24, 2.45) is 5.73 Å². The van der Waals surface area contributed by atoms with E-state index in [2.05, 4.69) is 27.6 Å². The number of anilines is 2. The minimum absolute atomic E-state index is 0.130. The van der Waals surface area contributed by atoms with E-state index in [1.54, 1.807) is 22.9 Å². The Kier molecular flexibility index (Phi) is 4.29. The number of carbonyl (C=O) groups excluding carboxylic acids is 2. The second-order valence-corrected chi connectivity index (χ2v) is 6.95. The molecule has 0 fully saturated rings. The van der Waals surface area contributed by atoms with Gasteiger partial charge >= 0.3 is 0 Å². The van der Waals surface area contributed by atoms with Gasteiger partial charge in [0.15, 0.2) is 0 Å². The Hall–Kier alpha value is -3.36. The Morgan fingerprint density at radius 3 is 2.79 bits per heavy atom. The van der Waals surface area contributed by atoms with E-state index >= 15 is 0 Å². The number of hydrogen-bond acceptors (Lipinski definition) is 5. The second kappa shape index (κ2) is 6.66. The maximum atomic E-state index is 12.9. The SMILES string of the molecule is CC[C@H]1CNc2cc(C(N)=O)cc3nc(NC(=O)c4cc(C)nn4CC)n1c23. The zero-order valence-electron chi connectivity index (χ0n) is 16.1. The van der Waals surface area contributed by atoms with E-state index in [1.165, 1.54) is 0 Å². The third-order valence-electron chi connectivity index (χ3n) is 5.09. The minimum atomic E-state index is -0.514. The lowest BCUT2D eigenvalue weighted by atomic mass is 10.1. The van der Waals surface area contributed by atoms with E-state index in [1.807, 2.05) is 18.4 Å². The molecule has 3 aromatic rings. The van der Waals surface area contributed by atoms with Crippen LogP contribution in [0.1, 0.15) is 52.9 Å². The Labute approximate surface area is 161 Å². The van der Waals surface area contributed by atoms with E-state index in [0.29, 0.717) is 35.8 Å². The fourth-order valence-electron chi connectivity index (χ4n) is 3.73. The summed E-state index contributed by atoms with van der Waals surface area (Å²) in [6.45, 7) is 7.15. The first-order valence-corrected chi connectivity index (χ1v) is 9.38. The van der Waals surface area contributed by atoms with Crippen LogP contribution in [-0.2, 0) is 6.54 Å². The van der Waals surface area contributed by atoms with Gasteiger partial charge in [-0.2, -0.15) is 5.10 Å². The topological polar surface area (TPSA) is 120 Å². The van der Waals surface area contributed by atoms with Crippen LogP contribution in [0.2, 0.25) is 0 Å². The summed E-state index contributed by atoms with van der Waals surface area (Å²) in [5, 5.41) is 10.6. The molecule has 4 rings (SSSR count). The highest BCUT2D eigenvalue weighted by Crippen LogP contribution is 2.36. The van der Waals surface area contributed by atoms with Crippen LogP contribution in [-0.4, -0.2) is 37.7 Å². The zero-order valence-corrected chi connectivity index (χ0v) is 16.1. The lowest BCUT2D eigenvalue weighted by Gasteiger charge is -2.27. The van der Waals surface area contributed by atoms with Crippen LogP contribution in [0.25, 0.3) is 11.0 Å². The number of hydrogen-bond donors (Lipinski definition) is 3. The van der Waals surface area contributed by atoms with Crippen LogP contribution in [0, 0.1) is 6.92 Å². The van der Waals surface area contributed by atoms with Crippen molar-refractivity contribution in [3.8, 4) is 0 Å². The first-order chi connectivity index (χ1) is 13.4. The average molecular weight is 381 g/mol. The Balaban J connectivity index is 1.82. The van der Waals surface area contributed by atoms with Gasteiger partial charge in [0.05, 0.1) is 28.5 Å². The van der Waals surface area contributed by atoms with Crippen LogP contribution < -0.4 is 16.4 Å². The first kappa shape index (κ1) is 18.0. The zero-order chi connectivity index (χ0) is 20.0. The second-order valence-electron chi connectivity index (χ2n) is 6.95. The van der Waals surface area contributed by atoms with Gasteiger partial charge < -0.3 is 15.6 Å². The number of carbonyl (C=O) groups is 2. The molecule has 0 aliphatic carbocycles. The number of benzene rings is 1. The monoisotopic (exact) mass is 381 g/mol. The number of primary amides is 1. The van der Waals surface area contributed by atoms with Crippen molar-refractivity contribution in [3.63, 3.8) is 0 Å². The van der Waals surface area contributed by atoms with Crippen molar-refractivity contribution < 1.29 is 9.59 Å². The molecular formula is C19H23N7O2. The van der Waals surface area contributed by atoms with Crippen molar-refractivity contribution in [3.05, 3.63) is 35.2 Å². The largest absolute Gasteiger partial charge is 0.381 e. The van der Waals surface area contributed by atoms with Crippen molar-refractivity contribution in [1.82, 2.24) is 19.3 Å². The van der Waals surface area contributed by atoms with Crippen molar-refractivity contribution in [2.75, 3.05) is 17.2 Å². The molecular weight excluding hydrogens is 358 g/mol. The van der Waals surface area contributed by atoms with Crippen LogP contribution >= 0.6 is 0 Å². The predicted molar refractivity (Wildman–Crippen MR) is 107 cm³/mol. The number of imidazole rings is 1. The van der Waals surface area contributed by atoms with Crippen molar-refractivity contribution in [2.45, 2.75) is 39.8 Å². The lowest BCUT2D eigenvalue weighted by Crippen LogP contribution is -2.27. The summed E-state index contributed by atoms with van der Waals surface area (Å²) in [6.07, 6.45) is 0.865. The number of rotatable bonds is 5. The number of nitrogens with two attached hydrogens (primary N) is 1. The Morgan fingerprint density at radius 1 is 1.32 bits per heavy atom. The molecule has 28 heavy (non-hydrogen) atoms. The van der Waals surface area contributed by atoms with E-state index < -0.39 is 5.91 Å². The third-order valence-corrected chi connectivity index (χ3v) is 5.09. The minimum Gasteiger partial charge on any atom is -0.381 e. The summed E-state index contributed by atoms with van der Waals surface area (Å²) < 4.78 is 3.70. The smallest absolute Gasteiger partial charge is 0.276 e. The van der Waals surface area contributed by atoms with Crippen LogP contribution in [0.15, 0.2) is 18.2 Å². The summed E-state index contributed by atoms with van der Waals surface area (Å²) in [4.78, 5) is 29.2. The fraction of sp³-hybridized carbons (Fsp3) is 0.368. The number of nitrogens with zero attached hydrogens (tertiary/aromatic N) is 4. The number of nitrogens with one attached hydrogen (secondary N) is 2. The standard InChI is InChI=1S/C19H23N7O2/c1-4-12-9-21-13-7-11(17(20)27)8-14-16(13)26(12)19(22-14)23-18(28)15-6-10(3)24-25(15)5-2/h6-8,12,21H,4-5,9H2,1-3H3,(H2,20,27)(H,22,23,28)/t12-/m0/s1. The van der Waals surface area contributed by atoms with E-state index in [-0.39, 0.29) is 11.9 Å². The molecule has 3 heterocycles. The number of aromatic nitrogens is 4. The van der Waals surface area contributed by atoms with Crippen LogP contribution in [0.4, 0.5) is 11.6 Å². The fourth-order valence-corrected chi connectivity index (χ4v) is 3.73. The molecule has 0 spiro atoms. The highest BCUT2D eigenvalue weighted by molar-refractivity contribution is 6.05. The van der Waals surface area contributed by atoms with E-state index in [0.717, 1.165) is 23.3 Å². The van der Waals surface area contributed by atoms with Gasteiger partial charge in [-0.25, -0.2) is 4.98 Å². The lowest BCUT2D eigenvalue weighted by molar-refractivity contribution is 0.0996. The molecule has 1 aromatic carbocycles. The van der Waals surface area contributed by atoms with Crippen LogP contribution in [0.3, 0.4) is 0 Å². The molecule has 9 nitrogen and oxygen atoms in total. The molecule has 9 heteroatoms. The summed E-state index contributed by atoms with van der Waals surface area (Å²) in [6, 6.07) is 5.28. The van der Waals surface area contributed by atoms with Gasteiger partial charge in [-0.1, -0.05) is 6.92 Å². The molecule has 0 radical (unpaired) electrons. The molecule has 146 valence electrons. The Morgan fingerprint density at radius 2 is 2.11 bits per heavy atom. The van der Waals surface area contributed by atoms with Crippen molar-refractivity contribution in [1.29, 1.82) is 0 Å². The molecule has 0 unspecified atom stereocenters. The Bertz CT molecular complexity index is 1100. The summed E-state index contributed by atoms with van der Waals surface area (Å²) in [5.41, 5.74) is 9.37. The third kappa shape index (κ3) is 2.79. The molecule has 0 saturated heterocycles.